The number of thiazole rings is 2. The predicted molar refractivity (Wildman–Crippen MR) is 186 cm³/mol. The number of carbonyl (C=O) groups is 5. The Bertz CT molecular complexity index is 2090. The average molecular weight is 797 g/mol. The smallest absolute Gasteiger partial charge is 0.311 e. The molecule has 0 saturated carbocycles. The minimum atomic E-state index is -0.952. The van der Waals surface area contributed by atoms with Crippen molar-refractivity contribution in [2.75, 3.05) is 24.7 Å². The van der Waals surface area contributed by atoms with Crippen molar-refractivity contribution in [3.05, 3.63) is 31.7 Å². The van der Waals surface area contributed by atoms with E-state index in [9.17, 15) is 33.6 Å². The third-order valence-corrected chi connectivity index (χ3v) is 8.65. The summed E-state index contributed by atoms with van der Waals surface area (Å²) in [5, 5.41) is 0. The number of hydrogen-bond acceptors (Lipinski definition) is 22. The van der Waals surface area contributed by atoms with Gasteiger partial charge in [0.1, 0.15) is 19.3 Å². The second kappa shape index (κ2) is 18.4. The van der Waals surface area contributed by atoms with Crippen LogP contribution in [0.3, 0.4) is 0 Å². The largest absolute Gasteiger partial charge is 0.463 e. The number of hydrogen-bond donors (Lipinski definition) is 3. The maximum atomic E-state index is 12.4. The van der Waals surface area contributed by atoms with E-state index in [0.717, 1.165) is 27.4 Å². The third-order valence-electron chi connectivity index (χ3n) is 6.96. The van der Waals surface area contributed by atoms with Crippen LogP contribution >= 0.6 is 22.7 Å². The number of nitrogens with two attached hydrogens (primary N) is 2. The SMILES string of the molecule is CC(=O)OCC1CC(OC(C)=O)C(OC(C)=O)O1.CC(=O)OC[C@@H]1C[C@@H](OC(C)=O)[C@H](n2c(=O)sc3cnc(N)nc32)O1.Nc1ncc2sc(=O)[nH]c2n1. The molecule has 0 aliphatic carbocycles. The number of aromatic nitrogens is 6. The Balaban J connectivity index is 0.000000195. The van der Waals surface area contributed by atoms with Gasteiger partial charge in [-0.25, -0.2) is 9.97 Å². The van der Waals surface area contributed by atoms with Crippen LogP contribution in [0.2, 0.25) is 0 Å². The minimum absolute atomic E-state index is 0.00244. The molecule has 0 aromatic carbocycles. The molecular weight excluding hydrogens is 761 g/mol. The van der Waals surface area contributed by atoms with Crippen molar-refractivity contribution in [2.24, 2.45) is 0 Å². The normalized spacial score (nSPS) is 21.6. The summed E-state index contributed by atoms with van der Waals surface area (Å²) >= 11 is 2.00. The Labute approximate surface area is 312 Å². The van der Waals surface area contributed by atoms with E-state index in [1.807, 2.05) is 0 Å². The molecule has 0 radical (unpaired) electrons. The van der Waals surface area contributed by atoms with Gasteiger partial charge in [-0.05, 0) is 0 Å². The molecule has 4 aromatic heterocycles. The van der Waals surface area contributed by atoms with Crippen molar-refractivity contribution < 1.29 is 57.1 Å². The van der Waals surface area contributed by atoms with Crippen LogP contribution in [-0.2, 0) is 57.1 Å². The maximum Gasteiger partial charge on any atom is 0.311 e. The van der Waals surface area contributed by atoms with E-state index >= 15 is 0 Å². The van der Waals surface area contributed by atoms with Crippen molar-refractivity contribution in [2.45, 2.75) is 84.4 Å². The molecule has 24 heteroatoms. The fourth-order valence-electron chi connectivity index (χ4n) is 5.03. The summed E-state index contributed by atoms with van der Waals surface area (Å²) in [6, 6.07) is 0. The number of anilines is 2. The van der Waals surface area contributed by atoms with Crippen LogP contribution in [0, 0.1) is 0 Å². The van der Waals surface area contributed by atoms with Crippen LogP contribution in [0.4, 0.5) is 11.9 Å². The van der Waals surface area contributed by atoms with E-state index in [1.54, 1.807) is 0 Å². The highest BCUT2D eigenvalue weighted by Gasteiger charge is 2.42. The molecule has 6 rings (SSSR count). The lowest BCUT2D eigenvalue weighted by Gasteiger charge is -2.19. The molecule has 2 fully saturated rings. The van der Waals surface area contributed by atoms with E-state index in [2.05, 4.69) is 24.9 Å². The van der Waals surface area contributed by atoms with E-state index in [-0.39, 0.29) is 41.3 Å². The summed E-state index contributed by atoms with van der Waals surface area (Å²) in [6.45, 7) is 6.35. The Hall–Kier alpha value is -5.59. The first kappa shape index (κ1) is 41.2. The lowest BCUT2D eigenvalue weighted by atomic mass is 10.2. The highest BCUT2D eigenvalue weighted by Crippen LogP contribution is 2.33. The van der Waals surface area contributed by atoms with E-state index in [4.69, 9.17) is 44.6 Å². The summed E-state index contributed by atoms with van der Waals surface area (Å²) < 4.78 is 38.6. The number of aromatic amines is 1. The molecule has 2 aliphatic heterocycles. The lowest BCUT2D eigenvalue weighted by molar-refractivity contribution is -0.196. The molecule has 292 valence electrons. The first-order valence-electron chi connectivity index (χ1n) is 15.8. The second-order valence-corrected chi connectivity index (χ2v) is 13.4. The third kappa shape index (κ3) is 11.7. The van der Waals surface area contributed by atoms with Gasteiger partial charge in [0.05, 0.1) is 34.0 Å². The van der Waals surface area contributed by atoms with Crippen molar-refractivity contribution in [3.8, 4) is 0 Å². The number of esters is 5. The van der Waals surface area contributed by atoms with E-state index < -0.39 is 66.8 Å². The number of nitrogen functional groups attached to an aromatic ring is 2. The van der Waals surface area contributed by atoms with E-state index in [0.29, 0.717) is 22.4 Å². The van der Waals surface area contributed by atoms with Gasteiger partial charge in [0, 0.05) is 47.5 Å². The van der Waals surface area contributed by atoms with Crippen molar-refractivity contribution in [1.29, 1.82) is 0 Å². The fourth-order valence-corrected chi connectivity index (χ4v) is 6.49. The molecular formula is C30H36N8O14S2. The molecule has 6 heterocycles. The van der Waals surface area contributed by atoms with Gasteiger partial charge in [0.25, 0.3) is 0 Å². The molecule has 5 N–H and O–H groups in total. The first-order chi connectivity index (χ1) is 25.5. The first-order valence-corrected chi connectivity index (χ1v) is 17.5. The zero-order valence-electron chi connectivity index (χ0n) is 29.4. The predicted octanol–water partition coefficient (Wildman–Crippen LogP) is 0.339. The number of nitrogens with zero attached hydrogens (tertiary/aromatic N) is 5. The van der Waals surface area contributed by atoms with Gasteiger partial charge >= 0.3 is 39.6 Å². The monoisotopic (exact) mass is 796 g/mol. The molecule has 54 heavy (non-hydrogen) atoms. The van der Waals surface area contributed by atoms with Gasteiger partial charge in [-0.15, -0.1) is 0 Å². The fraction of sp³-hybridized carbons (Fsp3) is 0.500. The Morgan fingerprint density at radius 1 is 0.759 bits per heavy atom. The van der Waals surface area contributed by atoms with Crippen LogP contribution < -0.4 is 21.2 Å². The zero-order chi connectivity index (χ0) is 39.7. The molecule has 4 aromatic rings. The van der Waals surface area contributed by atoms with Gasteiger partial charge < -0.3 is 44.6 Å². The Morgan fingerprint density at radius 3 is 1.89 bits per heavy atom. The number of rotatable bonds is 8. The summed E-state index contributed by atoms with van der Waals surface area (Å²) in [7, 11) is 0. The van der Waals surface area contributed by atoms with Crippen LogP contribution in [0.1, 0.15) is 53.7 Å². The van der Waals surface area contributed by atoms with Gasteiger partial charge in [0.15, 0.2) is 23.6 Å². The van der Waals surface area contributed by atoms with Crippen LogP contribution in [0.15, 0.2) is 22.0 Å². The topological polar surface area (TPSA) is 308 Å². The molecule has 2 aliphatic rings. The molecule has 0 bridgehead atoms. The summed E-state index contributed by atoms with van der Waals surface area (Å²) in [5.74, 6) is -2.23. The molecule has 22 nitrogen and oxygen atoms in total. The Kier molecular flexibility index (Phi) is 14.1. The van der Waals surface area contributed by atoms with Crippen molar-refractivity contribution in [3.63, 3.8) is 0 Å². The van der Waals surface area contributed by atoms with Crippen LogP contribution in [0.5, 0.6) is 0 Å². The highest BCUT2D eigenvalue weighted by atomic mass is 32.1. The Morgan fingerprint density at radius 2 is 1.30 bits per heavy atom. The van der Waals surface area contributed by atoms with Crippen LogP contribution in [-0.4, -0.2) is 103 Å². The summed E-state index contributed by atoms with van der Waals surface area (Å²) in [5.41, 5.74) is 11.7. The van der Waals surface area contributed by atoms with Gasteiger partial charge in [-0.2, -0.15) is 9.97 Å². The number of carbonyl (C=O) groups excluding carboxylic acids is 5. The number of nitrogens with one attached hydrogen (secondary N) is 1. The lowest BCUT2D eigenvalue weighted by Crippen LogP contribution is -2.30. The quantitative estimate of drug-likeness (QED) is 0.160. The van der Waals surface area contributed by atoms with Gasteiger partial charge in [-0.1, -0.05) is 22.7 Å². The standard InChI is InChI=1S/C14H16N4O6S.C11H16O7.C5H4N4OS/c1-6(19)22-5-8-3-9(23-7(2)20)12(24-8)18-11-10(25-14(18)21)4-16-13(15)17-11;1-6(12)15-5-9-4-10(16-7(2)13)11(18-9)17-8(3)14;6-4-7-1-2-3(8-4)9-5(10)11-2/h4,8-9,12H,3,5H2,1-2H3,(H2,15,16,17);9-11H,4-5H2,1-3H3;1H,(H3,6,7,8,9,10)/t8-,9+,12+;;/m0../s1. The number of fused-ring (bicyclic) bond motifs is 2. The number of H-pyrrole nitrogens is 1. The average Bonchev–Trinajstić information content (AvgIpc) is 3.82. The molecule has 0 amide bonds. The minimum Gasteiger partial charge on any atom is -0.463 e. The highest BCUT2D eigenvalue weighted by molar-refractivity contribution is 7.16. The molecule has 2 saturated heterocycles. The molecule has 3 unspecified atom stereocenters. The summed E-state index contributed by atoms with van der Waals surface area (Å²) in [6.07, 6.45) is -0.634. The zero-order valence-corrected chi connectivity index (χ0v) is 31.0. The summed E-state index contributed by atoms with van der Waals surface area (Å²) in [4.78, 5) is 95.6. The van der Waals surface area contributed by atoms with Gasteiger partial charge in [-0.3, -0.25) is 43.1 Å². The second-order valence-electron chi connectivity index (χ2n) is 11.4. The van der Waals surface area contributed by atoms with Crippen molar-refractivity contribution >= 4 is 85.1 Å². The van der Waals surface area contributed by atoms with Crippen molar-refractivity contribution in [1.82, 2.24) is 29.5 Å². The van der Waals surface area contributed by atoms with E-state index in [1.165, 1.54) is 51.6 Å². The molecule has 6 atom stereocenters. The molecule has 0 spiro atoms. The maximum absolute atomic E-state index is 12.4. The van der Waals surface area contributed by atoms with Gasteiger partial charge in [0.2, 0.25) is 18.2 Å². The van der Waals surface area contributed by atoms with Crippen LogP contribution in [0.25, 0.3) is 20.7 Å². The number of ether oxygens (including phenoxy) is 7.